The molecule has 0 bridgehead atoms. The lowest BCUT2D eigenvalue weighted by atomic mass is 9.99. The first kappa shape index (κ1) is 9.22. The van der Waals surface area contributed by atoms with Crippen molar-refractivity contribution in [2.75, 3.05) is 0 Å². The summed E-state index contributed by atoms with van der Waals surface area (Å²) in [6.45, 7) is 0. The van der Waals surface area contributed by atoms with Crippen LogP contribution in [0.15, 0.2) is 12.1 Å². The zero-order valence-electron chi connectivity index (χ0n) is 7.20. The third kappa shape index (κ3) is 2.12. The number of rotatable bonds is 4. The van der Waals surface area contributed by atoms with Gasteiger partial charge in [-0.1, -0.05) is 11.6 Å². The lowest BCUT2D eigenvalue weighted by molar-refractivity contribution is -0.108. The highest BCUT2D eigenvalue weighted by Crippen LogP contribution is 2.46. The van der Waals surface area contributed by atoms with Crippen LogP contribution in [0.4, 0.5) is 0 Å². The summed E-state index contributed by atoms with van der Waals surface area (Å²) in [5.41, 5.74) is 0. The Morgan fingerprint density at radius 2 is 2.38 bits per heavy atom. The van der Waals surface area contributed by atoms with Gasteiger partial charge in [-0.2, -0.15) is 0 Å². The summed E-state index contributed by atoms with van der Waals surface area (Å²) in [4.78, 5) is 11.8. The van der Waals surface area contributed by atoms with Crippen LogP contribution in [0.3, 0.4) is 0 Å². The summed E-state index contributed by atoms with van der Waals surface area (Å²) in [6, 6.07) is 3.97. The van der Waals surface area contributed by atoms with Crippen LogP contribution in [0.5, 0.6) is 0 Å². The monoisotopic (exact) mass is 214 g/mol. The highest BCUT2D eigenvalue weighted by Gasteiger charge is 2.32. The Bertz CT molecular complexity index is 304. The first-order chi connectivity index (χ1) is 6.31. The SMILES string of the molecule is O=CCC(c1ccc(Cl)s1)C1CC1. The molecular formula is C10H11ClOS. The lowest BCUT2D eigenvalue weighted by Gasteiger charge is -2.09. The maximum Gasteiger partial charge on any atom is 0.120 e. The smallest absolute Gasteiger partial charge is 0.120 e. The quantitative estimate of drug-likeness (QED) is 0.702. The van der Waals surface area contributed by atoms with E-state index in [1.165, 1.54) is 17.7 Å². The van der Waals surface area contributed by atoms with E-state index in [4.69, 9.17) is 11.6 Å². The molecule has 0 amide bonds. The van der Waals surface area contributed by atoms with Crippen LogP contribution in [-0.4, -0.2) is 6.29 Å². The van der Waals surface area contributed by atoms with E-state index >= 15 is 0 Å². The summed E-state index contributed by atoms with van der Waals surface area (Å²) in [5.74, 6) is 1.18. The van der Waals surface area contributed by atoms with Crippen LogP contribution >= 0.6 is 22.9 Å². The number of hydrogen-bond donors (Lipinski definition) is 0. The van der Waals surface area contributed by atoms with Crippen molar-refractivity contribution in [2.24, 2.45) is 5.92 Å². The van der Waals surface area contributed by atoms with Gasteiger partial charge in [0.25, 0.3) is 0 Å². The number of carbonyl (C=O) groups is 1. The lowest BCUT2D eigenvalue weighted by Crippen LogP contribution is -1.99. The Kier molecular flexibility index (Phi) is 2.70. The molecule has 1 atom stereocenters. The molecule has 0 aliphatic heterocycles. The zero-order valence-corrected chi connectivity index (χ0v) is 8.77. The number of carbonyl (C=O) groups excluding carboxylic acids is 1. The number of aldehydes is 1. The topological polar surface area (TPSA) is 17.1 Å². The summed E-state index contributed by atoms with van der Waals surface area (Å²) >= 11 is 7.47. The van der Waals surface area contributed by atoms with Crippen molar-refractivity contribution < 1.29 is 4.79 Å². The van der Waals surface area contributed by atoms with Crippen LogP contribution < -0.4 is 0 Å². The highest BCUT2D eigenvalue weighted by atomic mass is 35.5. The van der Waals surface area contributed by atoms with Crippen LogP contribution in [0, 0.1) is 5.92 Å². The maximum atomic E-state index is 10.5. The second-order valence-electron chi connectivity index (χ2n) is 3.49. The fourth-order valence-electron chi connectivity index (χ4n) is 1.67. The highest BCUT2D eigenvalue weighted by molar-refractivity contribution is 7.16. The predicted octanol–water partition coefficient (Wildman–Crippen LogP) is 3.48. The molecular weight excluding hydrogens is 204 g/mol. The third-order valence-electron chi connectivity index (χ3n) is 2.50. The Morgan fingerprint density at radius 3 is 2.85 bits per heavy atom. The molecule has 1 heterocycles. The first-order valence-corrected chi connectivity index (χ1v) is 5.69. The molecule has 0 radical (unpaired) electrons. The Labute approximate surface area is 86.7 Å². The molecule has 1 aliphatic carbocycles. The molecule has 1 aromatic heterocycles. The van der Waals surface area contributed by atoms with E-state index in [1.807, 2.05) is 6.07 Å². The van der Waals surface area contributed by atoms with Gasteiger partial charge in [-0.15, -0.1) is 11.3 Å². The van der Waals surface area contributed by atoms with Crippen molar-refractivity contribution in [2.45, 2.75) is 25.2 Å². The van der Waals surface area contributed by atoms with Gasteiger partial charge >= 0.3 is 0 Å². The molecule has 0 saturated heterocycles. The first-order valence-electron chi connectivity index (χ1n) is 4.50. The molecule has 0 N–H and O–H groups in total. The second-order valence-corrected chi connectivity index (χ2v) is 5.23. The van der Waals surface area contributed by atoms with E-state index in [2.05, 4.69) is 6.07 Å². The van der Waals surface area contributed by atoms with Crippen molar-refractivity contribution in [3.63, 3.8) is 0 Å². The minimum absolute atomic E-state index is 0.440. The molecule has 1 saturated carbocycles. The molecule has 0 spiro atoms. The predicted molar refractivity (Wildman–Crippen MR) is 55.5 cm³/mol. The van der Waals surface area contributed by atoms with Crippen molar-refractivity contribution in [1.29, 1.82) is 0 Å². The van der Waals surface area contributed by atoms with Gasteiger partial charge in [0.15, 0.2) is 0 Å². The molecule has 1 unspecified atom stereocenters. The molecule has 2 rings (SSSR count). The van der Waals surface area contributed by atoms with Crippen LogP contribution in [0.25, 0.3) is 0 Å². The van der Waals surface area contributed by atoms with Crippen LogP contribution in [-0.2, 0) is 4.79 Å². The molecule has 1 nitrogen and oxygen atoms in total. The van der Waals surface area contributed by atoms with Crippen molar-refractivity contribution in [1.82, 2.24) is 0 Å². The average Bonchev–Trinajstić information content (AvgIpc) is 2.85. The minimum atomic E-state index is 0.440. The average molecular weight is 215 g/mol. The van der Waals surface area contributed by atoms with Crippen LogP contribution in [0.2, 0.25) is 4.34 Å². The largest absolute Gasteiger partial charge is 0.303 e. The van der Waals surface area contributed by atoms with E-state index < -0.39 is 0 Å². The van der Waals surface area contributed by atoms with Gasteiger partial charge in [0.05, 0.1) is 4.34 Å². The van der Waals surface area contributed by atoms with Gasteiger partial charge in [-0.25, -0.2) is 0 Å². The van der Waals surface area contributed by atoms with E-state index in [1.54, 1.807) is 11.3 Å². The summed E-state index contributed by atoms with van der Waals surface area (Å²) in [6.07, 6.45) is 4.22. The van der Waals surface area contributed by atoms with Crippen molar-refractivity contribution in [3.05, 3.63) is 21.3 Å². The van der Waals surface area contributed by atoms with E-state index in [0.29, 0.717) is 12.3 Å². The summed E-state index contributed by atoms with van der Waals surface area (Å²) in [5, 5.41) is 0. The van der Waals surface area contributed by atoms with Gasteiger partial charge < -0.3 is 4.79 Å². The number of thiophene rings is 1. The van der Waals surface area contributed by atoms with Crippen LogP contribution in [0.1, 0.15) is 30.1 Å². The Hall–Kier alpha value is -0.340. The Morgan fingerprint density at radius 1 is 1.62 bits per heavy atom. The normalized spacial score (nSPS) is 18.5. The zero-order chi connectivity index (χ0) is 9.26. The maximum absolute atomic E-state index is 10.5. The minimum Gasteiger partial charge on any atom is -0.303 e. The van der Waals surface area contributed by atoms with Gasteiger partial charge in [0, 0.05) is 17.2 Å². The molecule has 1 aromatic rings. The number of halogens is 1. The van der Waals surface area contributed by atoms with E-state index in [9.17, 15) is 4.79 Å². The molecule has 0 aromatic carbocycles. The summed E-state index contributed by atoms with van der Waals surface area (Å²) < 4.78 is 0.826. The van der Waals surface area contributed by atoms with Crippen molar-refractivity contribution in [3.8, 4) is 0 Å². The molecule has 13 heavy (non-hydrogen) atoms. The summed E-state index contributed by atoms with van der Waals surface area (Å²) in [7, 11) is 0. The Balaban J connectivity index is 2.14. The van der Waals surface area contributed by atoms with E-state index in [-0.39, 0.29) is 0 Å². The standard InChI is InChI=1S/C10H11ClOS/c11-10-4-3-9(13-10)8(5-6-12)7-1-2-7/h3-4,6-8H,1-2,5H2. The second kappa shape index (κ2) is 3.81. The molecule has 3 heteroatoms. The fraction of sp³-hybridized carbons (Fsp3) is 0.500. The molecule has 1 aliphatic rings. The molecule has 70 valence electrons. The van der Waals surface area contributed by atoms with E-state index in [0.717, 1.165) is 16.5 Å². The molecule has 1 fully saturated rings. The van der Waals surface area contributed by atoms with Crippen molar-refractivity contribution >= 4 is 29.2 Å². The van der Waals surface area contributed by atoms with Gasteiger partial charge in [-0.3, -0.25) is 0 Å². The third-order valence-corrected chi connectivity index (χ3v) is 3.86. The number of hydrogen-bond acceptors (Lipinski definition) is 2. The fourth-order valence-corrected chi connectivity index (χ4v) is 2.94. The van der Waals surface area contributed by atoms with Gasteiger partial charge in [-0.05, 0) is 30.9 Å². The van der Waals surface area contributed by atoms with Gasteiger partial charge in [0.1, 0.15) is 6.29 Å². The van der Waals surface area contributed by atoms with Gasteiger partial charge in [0.2, 0.25) is 0 Å².